The van der Waals surface area contributed by atoms with Gasteiger partial charge >= 0.3 is 11.9 Å². The van der Waals surface area contributed by atoms with Gasteiger partial charge in [0.1, 0.15) is 5.00 Å². The molecule has 256 valence electrons. The summed E-state index contributed by atoms with van der Waals surface area (Å²) in [7, 11) is 0. The summed E-state index contributed by atoms with van der Waals surface area (Å²) in [5.74, 6) is -2.20. The number of thioether (sulfide) groups is 1. The number of nitrogens with one attached hydrogen (secondary N) is 2. The van der Waals surface area contributed by atoms with Crippen LogP contribution in [0.15, 0.2) is 95.9 Å². The number of nitrogens with zero attached hydrogens (tertiary/aromatic N) is 1. The Bertz CT molecular complexity index is 2060. The number of hydrogen-bond acceptors (Lipinski definition) is 8. The zero-order valence-corrected chi connectivity index (χ0v) is 29.4. The molecular formula is C39H37N3O6S2. The number of esters is 1. The number of amides is 2. The van der Waals surface area contributed by atoms with Gasteiger partial charge in [0.05, 0.1) is 23.0 Å². The number of anilines is 2. The lowest BCUT2D eigenvalue weighted by molar-refractivity contribution is -0.115. The maximum absolute atomic E-state index is 13.8. The first-order chi connectivity index (χ1) is 24.2. The number of benzene rings is 4. The van der Waals surface area contributed by atoms with E-state index in [0.29, 0.717) is 46.4 Å². The third kappa shape index (κ3) is 7.75. The Morgan fingerprint density at radius 3 is 2.38 bits per heavy atom. The second kappa shape index (κ2) is 15.7. The van der Waals surface area contributed by atoms with Gasteiger partial charge in [0.2, 0.25) is 5.91 Å². The lowest BCUT2D eigenvalue weighted by atomic mass is 9.98. The molecule has 0 radical (unpaired) electrons. The van der Waals surface area contributed by atoms with E-state index in [0.717, 1.165) is 28.4 Å². The molecule has 1 unspecified atom stereocenters. The van der Waals surface area contributed by atoms with Crippen molar-refractivity contribution in [2.75, 3.05) is 23.8 Å². The fourth-order valence-corrected chi connectivity index (χ4v) is 8.47. The van der Waals surface area contributed by atoms with Crippen LogP contribution in [0.25, 0.3) is 10.8 Å². The molecule has 2 heterocycles. The Kier molecular flexibility index (Phi) is 11.0. The van der Waals surface area contributed by atoms with Crippen LogP contribution < -0.4 is 10.6 Å². The summed E-state index contributed by atoms with van der Waals surface area (Å²) in [5.41, 5.74) is 3.43. The highest BCUT2D eigenvalue weighted by atomic mass is 32.2. The fraction of sp³-hybridized carbons (Fsp3) is 0.231. The van der Waals surface area contributed by atoms with Crippen LogP contribution in [0.4, 0.5) is 10.7 Å². The molecule has 1 aliphatic rings. The molecule has 1 aromatic heterocycles. The quantitative estimate of drug-likeness (QED) is 0.0878. The molecule has 9 nitrogen and oxygen atoms in total. The lowest BCUT2D eigenvalue weighted by Crippen LogP contribution is -2.30. The minimum atomic E-state index is -1.11. The summed E-state index contributed by atoms with van der Waals surface area (Å²) >= 11 is 2.80. The number of carbonyl (C=O) groups is 4. The lowest BCUT2D eigenvalue weighted by Gasteiger charge is -2.27. The van der Waals surface area contributed by atoms with Crippen molar-refractivity contribution in [3.63, 3.8) is 0 Å². The van der Waals surface area contributed by atoms with Crippen LogP contribution in [0.5, 0.6) is 0 Å². The highest BCUT2D eigenvalue weighted by Gasteiger charge is 2.31. The molecule has 0 fully saturated rings. The SMILES string of the molecule is CCOC(=O)c1c(NC(=O)C(CC)Sc2cccc(NC(=O)c3cccc4cccc(C(=O)O)c34)c2)sc2c1CCN(Cc1ccccc1)C2. The van der Waals surface area contributed by atoms with Crippen LogP contribution in [0.3, 0.4) is 0 Å². The van der Waals surface area contributed by atoms with Crippen LogP contribution in [0.2, 0.25) is 0 Å². The molecule has 11 heteroatoms. The minimum absolute atomic E-state index is 0.0524. The van der Waals surface area contributed by atoms with Crippen molar-refractivity contribution in [2.45, 2.75) is 49.9 Å². The van der Waals surface area contributed by atoms with E-state index in [4.69, 9.17) is 4.74 Å². The highest BCUT2D eigenvalue weighted by molar-refractivity contribution is 8.00. The number of aromatic carboxylic acids is 1. The third-order valence-corrected chi connectivity index (χ3v) is 11.0. The number of hydrogen-bond donors (Lipinski definition) is 3. The molecule has 0 bridgehead atoms. The van der Waals surface area contributed by atoms with Crippen molar-refractivity contribution < 1.29 is 29.0 Å². The van der Waals surface area contributed by atoms with Gasteiger partial charge in [0.25, 0.3) is 5.91 Å². The third-order valence-electron chi connectivity index (χ3n) is 8.51. The monoisotopic (exact) mass is 707 g/mol. The van der Waals surface area contributed by atoms with Gasteiger partial charge in [-0.2, -0.15) is 0 Å². The Balaban J connectivity index is 1.17. The van der Waals surface area contributed by atoms with Gasteiger partial charge in [-0.1, -0.05) is 67.6 Å². The summed E-state index contributed by atoms with van der Waals surface area (Å²) in [5, 5.41) is 16.7. The van der Waals surface area contributed by atoms with E-state index in [-0.39, 0.29) is 23.6 Å². The van der Waals surface area contributed by atoms with Crippen molar-refractivity contribution in [2.24, 2.45) is 0 Å². The number of rotatable bonds is 12. The molecule has 6 rings (SSSR count). The van der Waals surface area contributed by atoms with Crippen molar-refractivity contribution in [3.05, 3.63) is 124 Å². The van der Waals surface area contributed by atoms with Crippen molar-refractivity contribution >= 4 is 68.3 Å². The van der Waals surface area contributed by atoms with E-state index < -0.39 is 23.1 Å². The van der Waals surface area contributed by atoms with Gasteiger partial charge in [0, 0.05) is 46.0 Å². The Morgan fingerprint density at radius 2 is 1.66 bits per heavy atom. The summed E-state index contributed by atoms with van der Waals surface area (Å²) in [4.78, 5) is 56.4. The Labute approximate surface area is 298 Å². The molecule has 1 aliphatic heterocycles. The molecular weight excluding hydrogens is 671 g/mol. The molecule has 0 aliphatic carbocycles. The van der Waals surface area contributed by atoms with E-state index in [1.165, 1.54) is 34.7 Å². The van der Waals surface area contributed by atoms with Crippen molar-refractivity contribution in [1.29, 1.82) is 0 Å². The summed E-state index contributed by atoms with van der Waals surface area (Å²) in [6, 6.07) is 27.5. The van der Waals surface area contributed by atoms with Gasteiger partial charge in [-0.05, 0) is 66.6 Å². The summed E-state index contributed by atoms with van der Waals surface area (Å²) in [6.45, 7) is 6.20. The first-order valence-corrected chi connectivity index (χ1v) is 18.2. The van der Waals surface area contributed by atoms with Crippen molar-refractivity contribution in [1.82, 2.24) is 4.90 Å². The van der Waals surface area contributed by atoms with Crippen LogP contribution in [0, 0.1) is 0 Å². The second-order valence-corrected chi connectivity index (χ2v) is 14.3. The van der Waals surface area contributed by atoms with Crippen LogP contribution >= 0.6 is 23.1 Å². The predicted molar refractivity (Wildman–Crippen MR) is 198 cm³/mol. The predicted octanol–water partition coefficient (Wildman–Crippen LogP) is 8.10. The molecule has 1 atom stereocenters. The molecule has 0 spiro atoms. The molecule has 3 N–H and O–H groups in total. The van der Waals surface area contributed by atoms with Gasteiger partial charge in [-0.25, -0.2) is 9.59 Å². The summed E-state index contributed by atoms with van der Waals surface area (Å²) in [6.07, 6.45) is 1.20. The normalized spacial score (nSPS) is 13.3. The fourth-order valence-electron chi connectivity index (χ4n) is 6.17. The van der Waals surface area contributed by atoms with Gasteiger partial charge in [-0.15, -0.1) is 23.1 Å². The standard InChI is InChI=1S/C39H37N3O6S2/c1-3-31(49-27-16-10-15-26(21-27)40-35(43)29-17-8-13-25-14-9-18-30(33(25)29)38(45)46)36(44)41-37-34(39(47)48-4-2)28-19-20-42(23-32(28)50-37)22-24-11-6-5-7-12-24/h5-18,21,31H,3-4,19-20,22-23H2,1-2H3,(H,40,43)(H,41,44)(H,45,46). The smallest absolute Gasteiger partial charge is 0.341 e. The van der Waals surface area contributed by atoms with Gasteiger partial charge in [-0.3, -0.25) is 14.5 Å². The molecule has 4 aromatic carbocycles. The first-order valence-electron chi connectivity index (χ1n) is 16.5. The maximum Gasteiger partial charge on any atom is 0.341 e. The van der Waals surface area contributed by atoms with E-state index in [1.807, 2.05) is 31.2 Å². The average Bonchev–Trinajstić information content (AvgIpc) is 3.47. The maximum atomic E-state index is 13.8. The molecule has 2 amide bonds. The average molecular weight is 708 g/mol. The number of ether oxygens (including phenoxy) is 1. The Hall–Kier alpha value is -4.97. The first kappa shape index (κ1) is 34.9. The molecule has 50 heavy (non-hydrogen) atoms. The second-order valence-electron chi connectivity index (χ2n) is 11.9. The van der Waals surface area contributed by atoms with E-state index >= 15 is 0 Å². The minimum Gasteiger partial charge on any atom is -0.478 e. The van der Waals surface area contributed by atoms with Crippen LogP contribution in [0.1, 0.15) is 67.3 Å². The number of carbonyl (C=O) groups excluding carboxylic acids is 3. The van der Waals surface area contributed by atoms with Gasteiger partial charge < -0.3 is 20.5 Å². The number of thiophene rings is 1. The zero-order valence-electron chi connectivity index (χ0n) is 27.7. The number of carboxylic acids is 1. The Morgan fingerprint density at radius 1 is 0.920 bits per heavy atom. The largest absolute Gasteiger partial charge is 0.478 e. The number of fused-ring (bicyclic) bond motifs is 2. The molecule has 0 saturated carbocycles. The van der Waals surface area contributed by atoms with Crippen LogP contribution in [-0.2, 0) is 29.0 Å². The molecule has 5 aromatic rings. The van der Waals surface area contributed by atoms with Gasteiger partial charge in [0.15, 0.2) is 0 Å². The molecule has 0 saturated heterocycles. The van der Waals surface area contributed by atoms with Crippen LogP contribution in [-0.4, -0.2) is 52.2 Å². The zero-order chi connectivity index (χ0) is 35.2. The van der Waals surface area contributed by atoms with E-state index in [1.54, 1.807) is 55.5 Å². The highest BCUT2D eigenvalue weighted by Crippen LogP contribution is 2.39. The summed E-state index contributed by atoms with van der Waals surface area (Å²) < 4.78 is 5.43. The van der Waals surface area contributed by atoms with E-state index in [2.05, 4.69) is 27.7 Å². The topological polar surface area (TPSA) is 125 Å². The number of carboxylic acid groups (broad SMARTS) is 1. The van der Waals surface area contributed by atoms with Crippen molar-refractivity contribution in [3.8, 4) is 0 Å². The van der Waals surface area contributed by atoms with E-state index in [9.17, 15) is 24.3 Å².